The largest absolute Gasteiger partial charge is 0.304 e. The predicted octanol–water partition coefficient (Wildman–Crippen LogP) is 1.61. The van der Waals surface area contributed by atoms with Crippen molar-refractivity contribution in [2.75, 3.05) is 6.54 Å². The van der Waals surface area contributed by atoms with Crippen molar-refractivity contribution in [3.8, 4) is 0 Å². The minimum absolute atomic E-state index is 0.0132. The Kier molecular flexibility index (Phi) is 4.04. The molecule has 0 fully saturated rings. The van der Waals surface area contributed by atoms with Crippen molar-refractivity contribution in [1.82, 2.24) is 25.1 Å². The first-order chi connectivity index (χ1) is 8.70. The average Bonchev–Trinajstić information content (AvgIpc) is 2.78. The van der Waals surface area contributed by atoms with Crippen LogP contribution >= 0.6 is 0 Å². The maximum absolute atomic E-state index is 4.41. The fourth-order valence-electron chi connectivity index (χ4n) is 1.79. The highest BCUT2D eigenvalue weighted by molar-refractivity contribution is 5.20. The number of nitrogens with one attached hydrogen (secondary N) is 1. The molecule has 5 nitrogen and oxygen atoms in total. The lowest BCUT2D eigenvalue weighted by Crippen LogP contribution is -2.24. The molecule has 1 N–H and O–H groups in total. The lowest BCUT2D eigenvalue weighted by atomic mass is 10.1. The number of aryl methyl sites for hydroxylation is 2. The van der Waals surface area contributed by atoms with Crippen molar-refractivity contribution in [3.05, 3.63) is 41.7 Å². The van der Waals surface area contributed by atoms with Crippen LogP contribution in [0.4, 0.5) is 0 Å². The van der Waals surface area contributed by atoms with Gasteiger partial charge < -0.3 is 5.32 Å². The maximum atomic E-state index is 4.41. The van der Waals surface area contributed by atoms with Gasteiger partial charge in [0, 0.05) is 31.2 Å². The molecular formula is C13H19N5. The minimum atomic E-state index is 0.0132. The Morgan fingerprint density at radius 2 is 2.00 bits per heavy atom. The Morgan fingerprint density at radius 1 is 1.28 bits per heavy atom. The lowest BCUT2D eigenvalue weighted by Gasteiger charge is -2.15. The molecule has 18 heavy (non-hydrogen) atoms. The molecule has 2 heterocycles. The number of hydrogen-bond acceptors (Lipinski definition) is 4. The standard InChI is InChI=1S/C13H19N5/c1-4-5-14-12(11-8-17-18(3)9-11)13-15-6-10(2)7-16-13/h6-9,12,14H,4-5H2,1-3H3. The predicted molar refractivity (Wildman–Crippen MR) is 70.1 cm³/mol. The molecule has 0 aliphatic heterocycles. The normalized spacial score (nSPS) is 12.6. The summed E-state index contributed by atoms with van der Waals surface area (Å²) < 4.78 is 1.80. The molecule has 1 unspecified atom stereocenters. The van der Waals surface area contributed by atoms with E-state index in [1.807, 2.05) is 38.8 Å². The topological polar surface area (TPSA) is 55.6 Å². The van der Waals surface area contributed by atoms with Gasteiger partial charge >= 0.3 is 0 Å². The van der Waals surface area contributed by atoms with E-state index in [0.29, 0.717) is 0 Å². The highest BCUT2D eigenvalue weighted by Gasteiger charge is 2.17. The molecule has 96 valence electrons. The number of aromatic nitrogens is 4. The van der Waals surface area contributed by atoms with E-state index < -0.39 is 0 Å². The van der Waals surface area contributed by atoms with Crippen molar-refractivity contribution < 1.29 is 0 Å². The van der Waals surface area contributed by atoms with Crippen molar-refractivity contribution in [2.45, 2.75) is 26.3 Å². The second-order valence-corrected chi connectivity index (χ2v) is 4.45. The lowest BCUT2D eigenvalue weighted by molar-refractivity contribution is 0.570. The quantitative estimate of drug-likeness (QED) is 0.869. The van der Waals surface area contributed by atoms with Gasteiger partial charge in [-0.1, -0.05) is 6.92 Å². The summed E-state index contributed by atoms with van der Waals surface area (Å²) >= 11 is 0. The fourth-order valence-corrected chi connectivity index (χ4v) is 1.79. The Balaban J connectivity index is 2.27. The summed E-state index contributed by atoms with van der Waals surface area (Å²) in [4.78, 5) is 8.81. The van der Waals surface area contributed by atoms with E-state index in [4.69, 9.17) is 0 Å². The smallest absolute Gasteiger partial charge is 0.149 e. The van der Waals surface area contributed by atoms with Crippen molar-refractivity contribution in [2.24, 2.45) is 7.05 Å². The van der Waals surface area contributed by atoms with Gasteiger partial charge in [-0.05, 0) is 25.5 Å². The van der Waals surface area contributed by atoms with Crippen molar-refractivity contribution in [1.29, 1.82) is 0 Å². The Labute approximate surface area is 107 Å². The Bertz CT molecular complexity index is 488. The minimum Gasteiger partial charge on any atom is -0.304 e. The number of nitrogens with zero attached hydrogens (tertiary/aromatic N) is 4. The summed E-state index contributed by atoms with van der Waals surface area (Å²) in [7, 11) is 1.91. The van der Waals surface area contributed by atoms with E-state index in [9.17, 15) is 0 Å². The molecule has 2 rings (SSSR count). The third kappa shape index (κ3) is 2.92. The van der Waals surface area contributed by atoms with Crippen LogP contribution in [0.2, 0.25) is 0 Å². The van der Waals surface area contributed by atoms with E-state index in [1.165, 1.54) is 0 Å². The van der Waals surface area contributed by atoms with Gasteiger partial charge in [0.05, 0.1) is 12.2 Å². The molecular weight excluding hydrogens is 226 g/mol. The molecule has 2 aromatic rings. The summed E-state index contributed by atoms with van der Waals surface area (Å²) in [6.45, 7) is 5.06. The number of rotatable bonds is 5. The van der Waals surface area contributed by atoms with Crippen molar-refractivity contribution in [3.63, 3.8) is 0 Å². The van der Waals surface area contributed by atoms with E-state index in [1.54, 1.807) is 4.68 Å². The van der Waals surface area contributed by atoms with E-state index in [2.05, 4.69) is 27.3 Å². The molecule has 0 saturated heterocycles. The van der Waals surface area contributed by atoms with Gasteiger partial charge in [-0.3, -0.25) is 4.68 Å². The second kappa shape index (κ2) is 5.73. The van der Waals surface area contributed by atoms with Gasteiger partial charge in [-0.15, -0.1) is 0 Å². The van der Waals surface area contributed by atoms with E-state index in [0.717, 1.165) is 29.9 Å². The van der Waals surface area contributed by atoms with Crippen LogP contribution in [-0.2, 0) is 7.05 Å². The fraction of sp³-hybridized carbons (Fsp3) is 0.462. The summed E-state index contributed by atoms with van der Waals surface area (Å²) in [5, 5.41) is 7.67. The Morgan fingerprint density at radius 3 is 2.56 bits per heavy atom. The van der Waals surface area contributed by atoms with Crippen LogP contribution < -0.4 is 5.32 Å². The summed E-state index contributed by atoms with van der Waals surface area (Å²) in [5.41, 5.74) is 2.16. The molecule has 1 atom stereocenters. The van der Waals surface area contributed by atoms with Gasteiger partial charge in [-0.2, -0.15) is 5.10 Å². The summed E-state index contributed by atoms with van der Waals surface area (Å²) in [6.07, 6.45) is 8.62. The molecule has 0 amide bonds. The van der Waals surface area contributed by atoms with Crippen LogP contribution in [0.1, 0.15) is 36.3 Å². The van der Waals surface area contributed by atoms with Gasteiger partial charge in [0.15, 0.2) is 0 Å². The molecule has 0 bridgehead atoms. The summed E-state index contributed by atoms with van der Waals surface area (Å²) in [6, 6.07) is 0.0132. The maximum Gasteiger partial charge on any atom is 0.149 e. The van der Waals surface area contributed by atoms with Crippen LogP contribution in [0.3, 0.4) is 0 Å². The monoisotopic (exact) mass is 245 g/mol. The van der Waals surface area contributed by atoms with Crippen LogP contribution in [0.25, 0.3) is 0 Å². The first-order valence-electron chi connectivity index (χ1n) is 6.21. The zero-order chi connectivity index (χ0) is 13.0. The van der Waals surface area contributed by atoms with Gasteiger partial charge in [-0.25, -0.2) is 9.97 Å². The van der Waals surface area contributed by atoms with Crippen LogP contribution in [0, 0.1) is 6.92 Å². The van der Waals surface area contributed by atoms with Gasteiger partial charge in [0.25, 0.3) is 0 Å². The highest BCUT2D eigenvalue weighted by atomic mass is 15.2. The molecule has 0 saturated carbocycles. The second-order valence-electron chi connectivity index (χ2n) is 4.45. The molecule has 0 aliphatic rings. The van der Waals surface area contributed by atoms with Crippen LogP contribution in [0.15, 0.2) is 24.8 Å². The third-order valence-electron chi connectivity index (χ3n) is 2.72. The molecule has 2 aromatic heterocycles. The highest BCUT2D eigenvalue weighted by Crippen LogP contribution is 2.17. The van der Waals surface area contributed by atoms with E-state index in [-0.39, 0.29) is 6.04 Å². The molecule has 0 aromatic carbocycles. The molecule has 0 radical (unpaired) electrons. The molecule has 0 spiro atoms. The average molecular weight is 245 g/mol. The Hall–Kier alpha value is -1.75. The third-order valence-corrected chi connectivity index (χ3v) is 2.72. The van der Waals surface area contributed by atoms with Gasteiger partial charge in [0.2, 0.25) is 0 Å². The van der Waals surface area contributed by atoms with Crippen LogP contribution in [0.5, 0.6) is 0 Å². The van der Waals surface area contributed by atoms with Crippen molar-refractivity contribution >= 4 is 0 Å². The van der Waals surface area contributed by atoms with Gasteiger partial charge in [0.1, 0.15) is 5.82 Å². The SMILES string of the molecule is CCCNC(c1cnn(C)c1)c1ncc(C)cn1. The first kappa shape index (κ1) is 12.7. The first-order valence-corrected chi connectivity index (χ1v) is 6.21. The zero-order valence-corrected chi connectivity index (χ0v) is 11.1. The molecule has 0 aliphatic carbocycles. The molecule has 5 heteroatoms. The van der Waals surface area contributed by atoms with E-state index >= 15 is 0 Å². The zero-order valence-electron chi connectivity index (χ0n) is 11.1. The summed E-state index contributed by atoms with van der Waals surface area (Å²) in [5.74, 6) is 0.794. The number of hydrogen-bond donors (Lipinski definition) is 1. The van der Waals surface area contributed by atoms with Crippen LogP contribution in [-0.4, -0.2) is 26.3 Å².